The second-order valence-electron chi connectivity index (χ2n) is 6.48. The Morgan fingerprint density at radius 2 is 2.18 bits per heavy atom. The van der Waals surface area contributed by atoms with Crippen LogP contribution in [-0.2, 0) is 17.8 Å². The zero-order chi connectivity index (χ0) is 15.2. The molecule has 120 valence electrons. The predicted octanol–water partition coefficient (Wildman–Crippen LogP) is 1.55. The zero-order valence-corrected chi connectivity index (χ0v) is 13.3. The van der Waals surface area contributed by atoms with E-state index in [1.165, 1.54) is 11.1 Å². The first kappa shape index (κ1) is 15.5. The van der Waals surface area contributed by atoms with E-state index in [1.807, 2.05) is 0 Å². The predicted molar refractivity (Wildman–Crippen MR) is 88.6 cm³/mol. The second kappa shape index (κ2) is 7.75. The molecule has 1 atom stereocenters. The van der Waals surface area contributed by atoms with Crippen LogP contribution in [0, 0.1) is 5.92 Å². The van der Waals surface area contributed by atoms with E-state index in [1.54, 1.807) is 0 Å². The minimum Gasteiger partial charge on any atom is -0.356 e. The summed E-state index contributed by atoms with van der Waals surface area (Å²) in [5, 5.41) is 6.40. The Labute approximate surface area is 133 Å². The SMILES string of the molecule is O=C(NCCCN1CCc2ccccc2C1)C1CCCNC1. The van der Waals surface area contributed by atoms with E-state index in [0.717, 1.165) is 65.0 Å². The van der Waals surface area contributed by atoms with Gasteiger partial charge in [0.15, 0.2) is 0 Å². The molecule has 0 bridgehead atoms. The highest BCUT2D eigenvalue weighted by Gasteiger charge is 2.20. The van der Waals surface area contributed by atoms with Gasteiger partial charge in [0, 0.05) is 32.7 Å². The monoisotopic (exact) mass is 301 g/mol. The first-order chi connectivity index (χ1) is 10.8. The largest absolute Gasteiger partial charge is 0.356 e. The summed E-state index contributed by atoms with van der Waals surface area (Å²) in [5.41, 5.74) is 2.96. The van der Waals surface area contributed by atoms with Gasteiger partial charge in [-0.05, 0) is 43.4 Å². The van der Waals surface area contributed by atoms with E-state index in [-0.39, 0.29) is 11.8 Å². The molecule has 0 aromatic heterocycles. The molecule has 0 saturated carbocycles. The lowest BCUT2D eigenvalue weighted by atomic mass is 9.99. The third-order valence-corrected chi connectivity index (χ3v) is 4.83. The Morgan fingerprint density at radius 1 is 1.32 bits per heavy atom. The second-order valence-corrected chi connectivity index (χ2v) is 6.48. The molecule has 1 saturated heterocycles. The van der Waals surface area contributed by atoms with Crippen LogP contribution in [0.2, 0.25) is 0 Å². The molecule has 1 fully saturated rings. The van der Waals surface area contributed by atoms with Crippen LogP contribution in [-0.4, -0.2) is 43.5 Å². The van der Waals surface area contributed by atoms with Gasteiger partial charge in [0.2, 0.25) is 5.91 Å². The normalized spacial score (nSPS) is 22.1. The van der Waals surface area contributed by atoms with Crippen LogP contribution in [0.5, 0.6) is 0 Å². The van der Waals surface area contributed by atoms with Gasteiger partial charge < -0.3 is 10.6 Å². The van der Waals surface area contributed by atoms with Crippen LogP contribution < -0.4 is 10.6 Å². The average Bonchev–Trinajstić information content (AvgIpc) is 2.59. The molecule has 2 N–H and O–H groups in total. The summed E-state index contributed by atoms with van der Waals surface area (Å²) in [5.74, 6) is 0.409. The van der Waals surface area contributed by atoms with Crippen LogP contribution in [0.1, 0.15) is 30.4 Å². The highest BCUT2D eigenvalue weighted by Crippen LogP contribution is 2.18. The van der Waals surface area contributed by atoms with Gasteiger partial charge in [0.1, 0.15) is 0 Å². The van der Waals surface area contributed by atoms with Crippen molar-refractivity contribution in [2.24, 2.45) is 5.92 Å². The van der Waals surface area contributed by atoms with Crippen molar-refractivity contribution in [3.63, 3.8) is 0 Å². The Kier molecular flexibility index (Phi) is 5.46. The van der Waals surface area contributed by atoms with Crippen LogP contribution in [0.3, 0.4) is 0 Å². The standard InChI is InChI=1S/C18H27N3O/c22-18(16-7-3-9-19-13-16)20-10-4-11-21-12-8-15-5-1-2-6-17(15)14-21/h1-2,5-6,16,19H,3-4,7-14H2,(H,20,22). The van der Waals surface area contributed by atoms with E-state index in [4.69, 9.17) is 0 Å². The Balaban J connectivity index is 1.35. The summed E-state index contributed by atoms with van der Waals surface area (Å²) in [6.07, 6.45) is 4.33. The fourth-order valence-corrected chi connectivity index (χ4v) is 3.48. The van der Waals surface area contributed by atoms with Gasteiger partial charge in [0.25, 0.3) is 0 Å². The van der Waals surface area contributed by atoms with E-state index < -0.39 is 0 Å². The molecule has 1 amide bonds. The summed E-state index contributed by atoms with van der Waals surface area (Å²) in [4.78, 5) is 14.5. The molecule has 2 aliphatic heterocycles. The van der Waals surface area contributed by atoms with Gasteiger partial charge in [-0.15, -0.1) is 0 Å². The van der Waals surface area contributed by atoms with Crippen molar-refractivity contribution in [2.45, 2.75) is 32.2 Å². The maximum absolute atomic E-state index is 12.0. The number of hydrogen-bond acceptors (Lipinski definition) is 3. The number of rotatable bonds is 5. The molecule has 4 heteroatoms. The quantitative estimate of drug-likeness (QED) is 0.811. The minimum atomic E-state index is 0.176. The molecule has 2 aliphatic rings. The summed E-state index contributed by atoms with van der Waals surface area (Å²) in [7, 11) is 0. The Bertz CT molecular complexity index is 497. The van der Waals surface area contributed by atoms with Crippen LogP contribution in [0.25, 0.3) is 0 Å². The fourth-order valence-electron chi connectivity index (χ4n) is 3.48. The molecular weight excluding hydrogens is 274 g/mol. The number of fused-ring (bicyclic) bond motifs is 1. The highest BCUT2D eigenvalue weighted by atomic mass is 16.1. The van der Waals surface area contributed by atoms with Gasteiger partial charge >= 0.3 is 0 Å². The van der Waals surface area contributed by atoms with Gasteiger partial charge in [-0.3, -0.25) is 9.69 Å². The number of hydrogen-bond donors (Lipinski definition) is 2. The molecule has 22 heavy (non-hydrogen) atoms. The zero-order valence-electron chi connectivity index (χ0n) is 13.3. The van der Waals surface area contributed by atoms with E-state index in [9.17, 15) is 4.79 Å². The lowest BCUT2D eigenvalue weighted by molar-refractivity contribution is -0.125. The molecule has 4 nitrogen and oxygen atoms in total. The summed E-state index contributed by atoms with van der Waals surface area (Å²) in [6, 6.07) is 8.73. The van der Waals surface area contributed by atoms with Gasteiger partial charge in [0.05, 0.1) is 5.92 Å². The van der Waals surface area contributed by atoms with Crippen molar-refractivity contribution in [2.75, 3.05) is 32.7 Å². The van der Waals surface area contributed by atoms with Crippen LogP contribution >= 0.6 is 0 Å². The minimum absolute atomic E-state index is 0.176. The van der Waals surface area contributed by atoms with Crippen molar-refractivity contribution >= 4 is 5.91 Å². The van der Waals surface area contributed by atoms with Crippen LogP contribution in [0.15, 0.2) is 24.3 Å². The van der Waals surface area contributed by atoms with Crippen LogP contribution in [0.4, 0.5) is 0 Å². The molecule has 2 heterocycles. The number of piperidine rings is 1. The fraction of sp³-hybridized carbons (Fsp3) is 0.611. The summed E-state index contributed by atoms with van der Waals surface area (Å²) >= 11 is 0. The summed E-state index contributed by atoms with van der Waals surface area (Å²) < 4.78 is 0. The van der Waals surface area contributed by atoms with Crippen molar-refractivity contribution < 1.29 is 4.79 Å². The molecule has 0 radical (unpaired) electrons. The number of carbonyl (C=O) groups excluding carboxylic acids is 1. The number of carbonyl (C=O) groups is 1. The number of benzene rings is 1. The maximum atomic E-state index is 12.0. The van der Waals surface area contributed by atoms with Gasteiger partial charge in [-0.25, -0.2) is 0 Å². The average molecular weight is 301 g/mol. The lowest BCUT2D eigenvalue weighted by Crippen LogP contribution is -2.41. The number of nitrogens with one attached hydrogen (secondary N) is 2. The first-order valence-electron chi connectivity index (χ1n) is 8.60. The van der Waals surface area contributed by atoms with Crippen molar-refractivity contribution in [3.8, 4) is 0 Å². The van der Waals surface area contributed by atoms with Crippen molar-refractivity contribution in [3.05, 3.63) is 35.4 Å². The summed E-state index contributed by atoms with van der Waals surface area (Å²) in [6.45, 7) is 5.95. The molecule has 1 aromatic rings. The maximum Gasteiger partial charge on any atom is 0.224 e. The van der Waals surface area contributed by atoms with Gasteiger partial charge in [-0.2, -0.15) is 0 Å². The molecule has 1 unspecified atom stereocenters. The first-order valence-corrected chi connectivity index (χ1v) is 8.60. The Morgan fingerprint density at radius 3 is 3.00 bits per heavy atom. The molecule has 3 rings (SSSR count). The molecule has 0 spiro atoms. The lowest BCUT2D eigenvalue weighted by Gasteiger charge is -2.28. The van der Waals surface area contributed by atoms with E-state index in [2.05, 4.69) is 39.8 Å². The Hall–Kier alpha value is -1.39. The molecule has 0 aliphatic carbocycles. The third kappa shape index (κ3) is 4.08. The third-order valence-electron chi connectivity index (χ3n) is 4.83. The van der Waals surface area contributed by atoms with Crippen molar-refractivity contribution in [1.29, 1.82) is 0 Å². The van der Waals surface area contributed by atoms with Crippen molar-refractivity contribution in [1.82, 2.24) is 15.5 Å². The molecular formula is C18H27N3O. The number of amides is 1. The number of nitrogens with zero attached hydrogens (tertiary/aromatic N) is 1. The molecule has 1 aromatic carbocycles. The smallest absolute Gasteiger partial charge is 0.224 e. The topological polar surface area (TPSA) is 44.4 Å². The highest BCUT2D eigenvalue weighted by molar-refractivity contribution is 5.78. The van der Waals surface area contributed by atoms with E-state index >= 15 is 0 Å². The van der Waals surface area contributed by atoms with E-state index in [0.29, 0.717) is 0 Å². The van der Waals surface area contributed by atoms with Gasteiger partial charge in [-0.1, -0.05) is 24.3 Å².